The van der Waals surface area contributed by atoms with E-state index in [-0.39, 0.29) is 5.75 Å². The van der Waals surface area contributed by atoms with Crippen LogP contribution in [0.3, 0.4) is 0 Å². The third-order valence-corrected chi connectivity index (χ3v) is 5.46. The average Bonchev–Trinajstić information content (AvgIpc) is 2.87. The van der Waals surface area contributed by atoms with Crippen LogP contribution in [0.15, 0.2) is 30.3 Å². The van der Waals surface area contributed by atoms with Gasteiger partial charge in [0.15, 0.2) is 5.82 Å². The molecule has 2 fully saturated rings. The van der Waals surface area contributed by atoms with Crippen LogP contribution in [0.5, 0.6) is 5.75 Å². The number of nitrogen functional groups attached to an aromatic ring is 1. The van der Waals surface area contributed by atoms with Crippen LogP contribution in [0.1, 0.15) is 26.7 Å². The fourth-order valence-corrected chi connectivity index (χ4v) is 4.44. The lowest BCUT2D eigenvalue weighted by atomic mass is 10.1. The number of nitrogens with zero attached hydrogens (tertiary/aromatic N) is 4. The SMILES string of the molecule is CC(C)N1C2CCC1CN(c1cc(-c3ccccc3O)nnc1N)C2. The number of para-hydroxylation sites is 1. The molecule has 4 rings (SSSR count). The smallest absolute Gasteiger partial charge is 0.169 e. The van der Waals surface area contributed by atoms with Crippen molar-refractivity contribution in [3.63, 3.8) is 0 Å². The molecular formula is C19H25N5O. The summed E-state index contributed by atoms with van der Waals surface area (Å²) >= 11 is 0. The highest BCUT2D eigenvalue weighted by Crippen LogP contribution is 2.37. The molecule has 3 heterocycles. The molecule has 1 aromatic carbocycles. The summed E-state index contributed by atoms with van der Waals surface area (Å²) in [7, 11) is 0. The zero-order valence-electron chi connectivity index (χ0n) is 14.8. The number of hydrogen-bond acceptors (Lipinski definition) is 6. The average molecular weight is 339 g/mol. The minimum Gasteiger partial charge on any atom is -0.507 e. The van der Waals surface area contributed by atoms with Crippen LogP contribution in [-0.4, -0.2) is 51.4 Å². The molecule has 0 amide bonds. The molecule has 0 spiro atoms. The van der Waals surface area contributed by atoms with Crippen molar-refractivity contribution in [2.24, 2.45) is 0 Å². The molecule has 132 valence electrons. The van der Waals surface area contributed by atoms with Crippen molar-refractivity contribution < 1.29 is 5.11 Å². The lowest BCUT2D eigenvalue weighted by molar-refractivity contribution is 0.129. The molecule has 2 bridgehead atoms. The summed E-state index contributed by atoms with van der Waals surface area (Å²) in [6, 6.07) is 10.9. The highest BCUT2D eigenvalue weighted by atomic mass is 16.3. The van der Waals surface area contributed by atoms with Gasteiger partial charge in [0.05, 0.1) is 11.4 Å². The Bertz CT molecular complexity index is 764. The number of benzene rings is 1. The van der Waals surface area contributed by atoms with Gasteiger partial charge in [0, 0.05) is 36.8 Å². The molecule has 6 nitrogen and oxygen atoms in total. The van der Waals surface area contributed by atoms with Gasteiger partial charge in [0.25, 0.3) is 0 Å². The highest BCUT2D eigenvalue weighted by Gasteiger charge is 2.41. The number of aromatic nitrogens is 2. The minimum absolute atomic E-state index is 0.206. The van der Waals surface area contributed by atoms with E-state index in [2.05, 4.69) is 33.8 Å². The van der Waals surface area contributed by atoms with Gasteiger partial charge >= 0.3 is 0 Å². The van der Waals surface area contributed by atoms with Crippen LogP contribution in [0.25, 0.3) is 11.3 Å². The molecule has 2 unspecified atom stereocenters. The Morgan fingerprint density at radius 1 is 1.12 bits per heavy atom. The maximum Gasteiger partial charge on any atom is 0.169 e. The maximum atomic E-state index is 10.1. The first kappa shape index (κ1) is 16.1. The lowest BCUT2D eigenvalue weighted by Crippen LogP contribution is -2.56. The number of fused-ring (bicyclic) bond motifs is 2. The summed E-state index contributed by atoms with van der Waals surface area (Å²) in [4.78, 5) is 4.99. The van der Waals surface area contributed by atoms with E-state index in [1.807, 2.05) is 18.2 Å². The van der Waals surface area contributed by atoms with Crippen LogP contribution in [-0.2, 0) is 0 Å². The van der Waals surface area contributed by atoms with Gasteiger partial charge in [-0.2, -0.15) is 0 Å². The van der Waals surface area contributed by atoms with Crippen molar-refractivity contribution in [1.29, 1.82) is 0 Å². The molecule has 25 heavy (non-hydrogen) atoms. The predicted octanol–water partition coefficient (Wildman–Crippen LogP) is 2.49. The molecule has 6 heteroatoms. The van der Waals surface area contributed by atoms with Crippen LogP contribution in [0.4, 0.5) is 11.5 Å². The van der Waals surface area contributed by atoms with Gasteiger partial charge in [0.1, 0.15) is 5.75 Å². The van der Waals surface area contributed by atoms with E-state index in [0.717, 1.165) is 18.8 Å². The largest absolute Gasteiger partial charge is 0.507 e. The first-order chi connectivity index (χ1) is 12.0. The van der Waals surface area contributed by atoms with Crippen LogP contribution in [0.2, 0.25) is 0 Å². The number of phenols is 1. The van der Waals surface area contributed by atoms with Gasteiger partial charge < -0.3 is 15.7 Å². The monoisotopic (exact) mass is 339 g/mol. The normalized spacial score (nSPS) is 23.4. The quantitative estimate of drug-likeness (QED) is 0.894. The maximum absolute atomic E-state index is 10.1. The molecular weight excluding hydrogens is 314 g/mol. The van der Waals surface area contributed by atoms with Crippen molar-refractivity contribution in [3.05, 3.63) is 30.3 Å². The van der Waals surface area contributed by atoms with Crippen molar-refractivity contribution >= 4 is 11.5 Å². The molecule has 1 aromatic heterocycles. The van der Waals surface area contributed by atoms with Gasteiger partial charge in [-0.3, -0.25) is 4.90 Å². The third kappa shape index (κ3) is 2.80. The number of nitrogens with two attached hydrogens (primary N) is 1. The Balaban J connectivity index is 1.66. The molecule has 0 saturated carbocycles. The molecule has 2 aliphatic heterocycles. The summed E-state index contributed by atoms with van der Waals surface area (Å²) < 4.78 is 0. The van der Waals surface area contributed by atoms with Crippen molar-refractivity contribution in [3.8, 4) is 17.0 Å². The second-order valence-corrected chi connectivity index (χ2v) is 7.35. The van der Waals surface area contributed by atoms with Gasteiger partial charge in [0.2, 0.25) is 0 Å². The number of piperazine rings is 1. The van der Waals surface area contributed by atoms with E-state index in [9.17, 15) is 5.11 Å². The standard InChI is InChI=1S/C19H25N5O/c1-12(2)24-13-7-8-14(24)11-23(10-13)17-9-16(21-22-19(17)20)15-5-3-4-6-18(15)25/h3-6,9,12-14,25H,7-8,10-11H2,1-2H3,(H2,20,22). The second-order valence-electron chi connectivity index (χ2n) is 7.35. The van der Waals surface area contributed by atoms with Crippen LogP contribution >= 0.6 is 0 Å². The van der Waals surface area contributed by atoms with Crippen molar-refractivity contribution in [2.45, 2.75) is 44.8 Å². The van der Waals surface area contributed by atoms with E-state index < -0.39 is 0 Å². The molecule has 0 aliphatic carbocycles. The van der Waals surface area contributed by atoms with E-state index >= 15 is 0 Å². The van der Waals surface area contributed by atoms with Crippen LogP contribution < -0.4 is 10.6 Å². The number of rotatable bonds is 3. The fraction of sp³-hybridized carbons (Fsp3) is 0.474. The lowest BCUT2D eigenvalue weighted by Gasteiger charge is -2.44. The summed E-state index contributed by atoms with van der Waals surface area (Å²) in [5.41, 5.74) is 8.41. The molecule has 2 aliphatic rings. The summed E-state index contributed by atoms with van der Waals surface area (Å²) in [5.74, 6) is 0.661. The van der Waals surface area contributed by atoms with Gasteiger partial charge in [-0.15, -0.1) is 10.2 Å². The highest BCUT2D eigenvalue weighted by molar-refractivity contribution is 5.74. The van der Waals surface area contributed by atoms with E-state index in [0.29, 0.717) is 35.2 Å². The Morgan fingerprint density at radius 2 is 1.80 bits per heavy atom. The second kappa shape index (κ2) is 6.19. The van der Waals surface area contributed by atoms with Crippen molar-refractivity contribution in [2.75, 3.05) is 23.7 Å². The molecule has 2 saturated heterocycles. The topological polar surface area (TPSA) is 78.5 Å². The van der Waals surface area contributed by atoms with Gasteiger partial charge in [-0.05, 0) is 44.9 Å². The summed E-state index contributed by atoms with van der Waals surface area (Å²) in [6.45, 7) is 6.48. The molecule has 3 N–H and O–H groups in total. The van der Waals surface area contributed by atoms with E-state index in [4.69, 9.17) is 5.73 Å². The third-order valence-electron chi connectivity index (χ3n) is 5.46. The number of hydrogen-bond donors (Lipinski definition) is 2. The van der Waals surface area contributed by atoms with Gasteiger partial charge in [-0.25, -0.2) is 0 Å². The number of phenolic OH excluding ortho intramolecular Hbond substituents is 1. The number of anilines is 2. The molecule has 2 aromatic rings. The zero-order valence-corrected chi connectivity index (χ0v) is 14.8. The van der Waals surface area contributed by atoms with E-state index in [1.165, 1.54) is 12.8 Å². The zero-order chi connectivity index (χ0) is 17.6. The van der Waals surface area contributed by atoms with E-state index in [1.54, 1.807) is 12.1 Å². The first-order valence-corrected chi connectivity index (χ1v) is 8.98. The van der Waals surface area contributed by atoms with Crippen LogP contribution in [0, 0.1) is 0 Å². The molecule has 2 atom stereocenters. The predicted molar refractivity (Wildman–Crippen MR) is 99.5 cm³/mol. The molecule has 0 radical (unpaired) electrons. The summed E-state index contributed by atoms with van der Waals surface area (Å²) in [6.07, 6.45) is 2.48. The Hall–Kier alpha value is -2.34. The van der Waals surface area contributed by atoms with Crippen molar-refractivity contribution in [1.82, 2.24) is 15.1 Å². The Kier molecular flexibility index (Phi) is 4.00. The summed E-state index contributed by atoms with van der Waals surface area (Å²) in [5, 5.41) is 18.5. The minimum atomic E-state index is 0.206. The Labute approximate surface area is 148 Å². The fourth-order valence-electron chi connectivity index (χ4n) is 4.44. The first-order valence-electron chi connectivity index (χ1n) is 8.98. The number of aromatic hydroxyl groups is 1. The van der Waals surface area contributed by atoms with Gasteiger partial charge in [-0.1, -0.05) is 12.1 Å². The Morgan fingerprint density at radius 3 is 2.44 bits per heavy atom.